The minimum Gasteiger partial charge on any atom is -0.378 e. The first-order chi connectivity index (χ1) is 32.5. The fourth-order valence-electron chi connectivity index (χ4n) is 16.1. The zero-order chi connectivity index (χ0) is 48.5. The van der Waals surface area contributed by atoms with Gasteiger partial charge >= 0.3 is 0 Å². The Balaban J connectivity index is 0.000000170. The van der Waals surface area contributed by atoms with E-state index in [1.54, 1.807) is 11.1 Å². The van der Waals surface area contributed by atoms with Crippen LogP contribution in [0, 0.1) is 70.0 Å². The number of rotatable bonds is 6. The monoisotopic (exact) mass is 915 g/mol. The predicted molar refractivity (Wildman–Crippen MR) is 277 cm³/mol. The lowest BCUT2D eigenvalue weighted by Gasteiger charge is -2.54. The standard InChI is InChI=1S/2C31H39NO2/c2*1-6-16-31(34)22(7-2)18-28-26-14-10-21-17-24(33)13-15-25(21)29(26)27(19-30(28,31)3)20-8-11-23(12-9-20)32(4)5/h2*8-9,11-12,17,22,26-28,34H,7,10,13-15,18-19H2,1-5H3/t22-,26+,27-,28+,30+,31+;22-,26-,27+,28-,30-,31-/m10/s1. The molecule has 0 saturated heterocycles. The van der Waals surface area contributed by atoms with Crippen LogP contribution < -0.4 is 9.80 Å². The molecule has 0 aromatic heterocycles. The van der Waals surface area contributed by atoms with Crippen molar-refractivity contribution in [3.05, 3.63) is 105 Å². The summed E-state index contributed by atoms with van der Waals surface area (Å²) >= 11 is 0. The molecule has 68 heavy (non-hydrogen) atoms. The van der Waals surface area contributed by atoms with Crippen LogP contribution in [0.5, 0.6) is 0 Å². The molecule has 0 aliphatic heterocycles. The van der Waals surface area contributed by atoms with Gasteiger partial charge < -0.3 is 20.0 Å². The molecule has 4 saturated carbocycles. The summed E-state index contributed by atoms with van der Waals surface area (Å²) in [6.45, 7) is 12.8. The molecule has 8 aliphatic rings. The second kappa shape index (κ2) is 18.3. The van der Waals surface area contributed by atoms with Gasteiger partial charge in [0.2, 0.25) is 0 Å². The van der Waals surface area contributed by atoms with Crippen LogP contribution in [0.4, 0.5) is 11.4 Å². The van der Waals surface area contributed by atoms with Gasteiger partial charge in [-0.25, -0.2) is 0 Å². The zero-order valence-electron chi connectivity index (χ0n) is 42.9. The number of fused-ring (bicyclic) bond motifs is 8. The molecule has 0 heterocycles. The Bertz CT molecular complexity index is 2410. The van der Waals surface area contributed by atoms with Crippen LogP contribution in [-0.4, -0.2) is 61.2 Å². The molecule has 0 unspecified atom stereocenters. The highest BCUT2D eigenvalue weighted by Crippen LogP contribution is 2.70. The average molecular weight is 915 g/mol. The first kappa shape index (κ1) is 48.4. The average Bonchev–Trinajstić information content (AvgIpc) is 3.69. The molecule has 10 rings (SSSR count). The van der Waals surface area contributed by atoms with E-state index in [0.717, 1.165) is 77.0 Å². The SMILES string of the molecule is CC#C[C@]1(O)[C@@H](CC)C[C@H]2[C@@H]3CCC4=CC(=O)CCC4=C3[C@@H](c3ccc(N(C)C)cc3)C[C@@]21C.CC#C[C@]1(O)[C@H](CC)C[C@H]2[C@@H]3CCC4=CC(=O)CCC4=C3[C@@H](c3ccc(N(C)C)cc3)C[C@@]21C. The summed E-state index contributed by atoms with van der Waals surface area (Å²) < 4.78 is 0. The smallest absolute Gasteiger partial charge is 0.156 e. The first-order valence-electron chi connectivity index (χ1n) is 26.3. The van der Waals surface area contributed by atoms with E-state index in [1.807, 2.05) is 26.0 Å². The Labute approximate surface area is 408 Å². The molecule has 12 atom stereocenters. The van der Waals surface area contributed by atoms with Gasteiger partial charge in [0.05, 0.1) is 0 Å². The van der Waals surface area contributed by atoms with E-state index >= 15 is 0 Å². The highest BCUT2D eigenvalue weighted by Gasteiger charge is 2.67. The van der Waals surface area contributed by atoms with Crippen molar-refractivity contribution in [1.82, 2.24) is 0 Å². The summed E-state index contributed by atoms with van der Waals surface area (Å²) in [5.41, 5.74) is 11.3. The van der Waals surface area contributed by atoms with E-state index in [4.69, 9.17) is 0 Å². The molecule has 360 valence electrons. The molecule has 0 radical (unpaired) electrons. The maximum atomic E-state index is 12.3. The molecular weight excluding hydrogens is 837 g/mol. The summed E-state index contributed by atoms with van der Waals surface area (Å²) in [6.07, 6.45) is 16.9. The van der Waals surface area contributed by atoms with Crippen molar-refractivity contribution in [1.29, 1.82) is 0 Å². The van der Waals surface area contributed by atoms with Gasteiger partial charge in [-0.05, 0) is 196 Å². The molecule has 0 spiro atoms. The Morgan fingerprint density at radius 1 is 0.574 bits per heavy atom. The summed E-state index contributed by atoms with van der Waals surface area (Å²) in [6, 6.07) is 18.0. The number of ketones is 2. The van der Waals surface area contributed by atoms with Crippen LogP contribution in [-0.2, 0) is 9.59 Å². The van der Waals surface area contributed by atoms with Gasteiger partial charge in [0, 0.05) is 75.1 Å². The van der Waals surface area contributed by atoms with Crippen molar-refractivity contribution < 1.29 is 19.8 Å². The fraction of sp³-hybridized carbons (Fsp3) is 0.581. The quantitative estimate of drug-likeness (QED) is 0.281. The van der Waals surface area contributed by atoms with Gasteiger partial charge in [-0.15, -0.1) is 11.8 Å². The van der Waals surface area contributed by atoms with Gasteiger partial charge in [0.15, 0.2) is 11.6 Å². The lowest BCUT2D eigenvalue weighted by molar-refractivity contribution is -0.115. The van der Waals surface area contributed by atoms with Crippen molar-refractivity contribution in [2.24, 2.45) is 46.3 Å². The second-order valence-corrected chi connectivity index (χ2v) is 22.9. The maximum Gasteiger partial charge on any atom is 0.156 e. The minimum absolute atomic E-state index is 0.209. The number of allylic oxidation sites excluding steroid dienone is 8. The molecule has 0 amide bonds. The van der Waals surface area contributed by atoms with Gasteiger partial charge in [0.25, 0.3) is 0 Å². The summed E-state index contributed by atoms with van der Waals surface area (Å²) in [7, 11) is 8.30. The third kappa shape index (κ3) is 7.62. The van der Waals surface area contributed by atoms with Gasteiger partial charge in [-0.3, -0.25) is 9.59 Å². The summed E-state index contributed by atoms with van der Waals surface area (Å²) in [5, 5.41) is 24.4. The largest absolute Gasteiger partial charge is 0.378 e. The van der Waals surface area contributed by atoms with Gasteiger partial charge in [-0.2, -0.15) is 0 Å². The van der Waals surface area contributed by atoms with Crippen LogP contribution in [0.1, 0.15) is 154 Å². The Kier molecular flexibility index (Phi) is 13.0. The van der Waals surface area contributed by atoms with E-state index in [0.29, 0.717) is 36.5 Å². The molecule has 8 aliphatic carbocycles. The van der Waals surface area contributed by atoms with Crippen molar-refractivity contribution in [2.45, 2.75) is 154 Å². The maximum absolute atomic E-state index is 12.3. The van der Waals surface area contributed by atoms with Crippen molar-refractivity contribution in [3.63, 3.8) is 0 Å². The van der Waals surface area contributed by atoms with Crippen molar-refractivity contribution in [2.75, 3.05) is 38.0 Å². The Morgan fingerprint density at radius 2 is 0.941 bits per heavy atom. The number of benzene rings is 2. The molecule has 4 fully saturated rings. The lowest BCUT2D eigenvalue weighted by atomic mass is 9.51. The van der Waals surface area contributed by atoms with Crippen LogP contribution in [0.15, 0.2) is 94.1 Å². The molecule has 6 heteroatoms. The topological polar surface area (TPSA) is 81.1 Å². The number of nitrogens with zero attached hydrogens (tertiary/aromatic N) is 2. The molecule has 2 aromatic carbocycles. The third-order valence-corrected chi connectivity index (χ3v) is 19.5. The van der Waals surface area contributed by atoms with Crippen molar-refractivity contribution in [3.8, 4) is 23.7 Å². The number of hydrogen-bond acceptors (Lipinski definition) is 6. The predicted octanol–water partition coefficient (Wildman–Crippen LogP) is 12.1. The summed E-state index contributed by atoms with van der Waals surface area (Å²) in [4.78, 5) is 28.8. The Morgan fingerprint density at radius 3 is 1.26 bits per heavy atom. The number of aliphatic hydroxyl groups is 2. The van der Waals surface area contributed by atoms with Crippen LogP contribution >= 0.6 is 0 Å². The van der Waals surface area contributed by atoms with Gasteiger partial charge in [-0.1, -0.05) is 74.9 Å². The van der Waals surface area contributed by atoms with Crippen LogP contribution in [0.2, 0.25) is 0 Å². The summed E-state index contributed by atoms with van der Waals surface area (Å²) in [5.74, 6) is 16.2. The normalized spacial score (nSPS) is 36.6. The molecular formula is C62H78N2O4. The number of carbonyl (C=O) groups is 2. The van der Waals surface area contributed by atoms with Crippen molar-refractivity contribution >= 4 is 22.9 Å². The first-order valence-corrected chi connectivity index (χ1v) is 26.3. The van der Waals surface area contributed by atoms with E-state index < -0.39 is 11.2 Å². The molecule has 2 aromatic rings. The number of anilines is 2. The van der Waals surface area contributed by atoms with E-state index in [9.17, 15) is 19.8 Å². The lowest BCUT2D eigenvalue weighted by Crippen LogP contribution is -2.52. The Hall–Kier alpha value is -4.62. The minimum atomic E-state index is -0.947. The highest BCUT2D eigenvalue weighted by atomic mass is 16.3. The molecule has 2 N–H and O–H groups in total. The highest BCUT2D eigenvalue weighted by molar-refractivity contribution is 5.93. The van der Waals surface area contributed by atoms with E-state index in [2.05, 4.69) is 138 Å². The fourth-order valence-corrected chi connectivity index (χ4v) is 16.1. The van der Waals surface area contributed by atoms with E-state index in [-0.39, 0.29) is 46.1 Å². The van der Waals surface area contributed by atoms with Gasteiger partial charge in [0.1, 0.15) is 11.2 Å². The third-order valence-electron chi connectivity index (χ3n) is 19.5. The zero-order valence-corrected chi connectivity index (χ0v) is 42.9. The molecule has 0 bridgehead atoms. The van der Waals surface area contributed by atoms with E-state index in [1.165, 1.54) is 44.8 Å². The van der Waals surface area contributed by atoms with Crippen LogP contribution in [0.3, 0.4) is 0 Å². The molecule has 6 nitrogen and oxygen atoms in total. The van der Waals surface area contributed by atoms with Crippen LogP contribution in [0.25, 0.3) is 0 Å². The second-order valence-electron chi connectivity index (χ2n) is 22.9. The number of hydrogen-bond donors (Lipinski definition) is 2. The number of carbonyl (C=O) groups excluding carboxylic acids is 2.